The van der Waals surface area contributed by atoms with Crippen LogP contribution >= 0.6 is 0 Å². The van der Waals surface area contributed by atoms with E-state index in [1.165, 1.54) is 11.1 Å². The monoisotopic (exact) mass is 259 g/mol. The predicted molar refractivity (Wildman–Crippen MR) is 78.1 cm³/mol. The first-order valence-electron chi connectivity index (χ1n) is 6.77. The summed E-state index contributed by atoms with van der Waals surface area (Å²) in [5, 5.41) is 0. The molecule has 96 valence electrons. The Bertz CT molecular complexity index is 766. The molecule has 0 fully saturated rings. The number of nitrogens with zero attached hydrogens (tertiary/aromatic N) is 3. The summed E-state index contributed by atoms with van der Waals surface area (Å²) >= 11 is 0. The fraction of sp³-hybridized carbons (Fsp3) is 0.118. The molecule has 0 spiro atoms. The number of aromatic nitrogens is 3. The van der Waals surface area contributed by atoms with Crippen molar-refractivity contribution >= 4 is 0 Å². The molecule has 0 atom stereocenters. The summed E-state index contributed by atoms with van der Waals surface area (Å²) in [7, 11) is 0. The maximum absolute atomic E-state index is 4.80. The van der Waals surface area contributed by atoms with Crippen molar-refractivity contribution in [1.82, 2.24) is 15.0 Å². The fourth-order valence-electron chi connectivity index (χ4n) is 2.67. The zero-order valence-electron chi connectivity index (χ0n) is 11.0. The Hall–Kier alpha value is -2.55. The molecule has 0 saturated heterocycles. The third-order valence-corrected chi connectivity index (χ3v) is 3.69. The Kier molecular flexibility index (Phi) is 2.56. The van der Waals surface area contributed by atoms with E-state index in [9.17, 15) is 0 Å². The Morgan fingerprint density at radius 3 is 2.35 bits per heavy atom. The van der Waals surface area contributed by atoms with Crippen LogP contribution in [0.5, 0.6) is 0 Å². The highest BCUT2D eigenvalue weighted by Gasteiger charge is 2.19. The van der Waals surface area contributed by atoms with Gasteiger partial charge in [0.15, 0.2) is 0 Å². The lowest BCUT2D eigenvalue weighted by atomic mass is 9.92. The van der Waals surface area contributed by atoms with E-state index in [-0.39, 0.29) is 0 Å². The van der Waals surface area contributed by atoms with Gasteiger partial charge in [0.25, 0.3) is 0 Å². The third-order valence-electron chi connectivity index (χ3n) is 3.69. The normalized spacial score (nSPS) is 12.6. The second-order valence-electron chi connectivity index (χ2n) is 4.93. The van der Waals surface area contributed by atoms with E-state index in [4.69, 9.17) is 4.98 Å². The maximum Gasteiger partial charge on any atom is 0.0929 e. The number of rotatable bonds is 1. The van der Waals surface area contributed by atoms with Crippen molar-refractivity contribution in [2.75, 3.05) is 0 Å². The topological polar surface area (TPSA) is 38.7 Å². The van der Waals surface area contributed by atoms with Gasteiger partial charge in [-0.2, -0.15) is 0 Å². The van der Waals surface area contributed by atoms with Crippen molar-refractivity contribution in [2.45, 2.75) is 12.8 Å². The summed E-state index contributed by atoms with van der Waals surface area (Å²) in [4.78, 5) is 13.7. The van der Waals surface area contributed by atoms with E-state index in [0.717, 1.165) is 35.6 Å². The first-order valence-corrected chi connectivity index (χ1v) is 6.77. The Labute approximate surface area is 117 Å². The van der Waals surface area contributed by atoms with Crippen molar-refractivity contribution in [1.29, 1.82) is 0 Å². The van der Waals surface area contributed by atoms with Crippen molar-refractivity contribution in [3.8, 4) is 22.8 Å². The van der Waals surface area contributed by atoms with Crippen molar-refractivity contribution in [3.63, 3.8) is 0 Å². The molecule has 0 saturated carbocycles. The standard InChI is InChI=1S/C17H13N3/c1-2-10-18-14(5-1)15-9-8-13-7-6-12-4-3-11-19-16(12)17(13)20-15/h1-5,8-11H,6-7H2. The fourth-order valence-corrected chi connectivity index (χ4v) is 2.67. The van der Waals surface area contributed by atoms with Gasteiger partial charge >= 0.3 is 0 Å². The van der Waals surface area contributed by atoms with E-state index in [1.54, 1.807) is 6.20 Å². The zero-order chi connectivity index (χ0) is 13.4. The van der Waals surface area contributed by atoms with Gasteiger partial charge in [-0.15, -0.1) is 0 Å². The van der Waals surface area contributed by atoms with Crippen LogP contribution in [0.1, 0.15) is 11.1 Å². The zero-order valence-corrected chi connectivity index (χ0v) is 11.0. The van der Waals surface area contributed by atoms with E-state index in [1.807, 2.05) is 30.5 Å². The van der Waals surface area contributed by atoms with Gasteiger partial charge in [0.2, 0.25) is 0 Å². The molecule has 0 aromatic carbocycles. The second-order valence-corrected chi connectivity index (χ2v) is 4.93. The molecule has 1 aliphatic rings. The number of fused-ring (bicyclic) bond motifs is 3. The van der Waals surface area contributed by atoms with Gasteiger partial charge in [0.05, 0.1) is 22.8 Å². The van der Waals surface area contributed by atoms with Crippen LogP contribution in [-0.4, -0.2) is 15.0 Å². The molecule has 3 heteroatoms. The molecule has 3 aromatic rings. The quantitative estimate of drug-likeness (QED) is 0.673. The van der Waals surface area contributed by atoms with Crippen molar-refractivity contribution < 1.29 is 0 Å². The smallest absolute Gasteiger partial charge is 0.0929 e. The van der Waals surface area contributed by atoms with E-state index < -0.39 is 0 Å². The third kappa shape index (κ3) is 1.79. The average molecular weight is 259 g/mol. The molecule has 3 nitrogen and oxygen atoms in total. The number of aryl methyl sites for hydroxylation is 2. The molecular weight excluding hydrogens is 246 g/mol. The van der Waals surface area contributed by atoms with Gasteiger partial charge in [-0.1, -0.05) is 18.2 Å². The van der Waals surface area contributed by atoms with Crippen molar-refractivity contribution in [2.24, 2.45) is 0 Å². The molecule has 0 amide bonds. The highest BCUT2D eigenvalue weighted by Crippen LogP contribution is 2.31. The highest BCUT2D eigenvalue weighted by molar-refractivity contribution is 5.69. The molecule has 3 aromatic heterocycles. The second kappa shape index (κ2) is 4.53. The lowest BCUT2D eigenvalue weighted by Gasteiger charge is -2.18. The van der Waals surface area contributed by atoms with Crippen LogP contribution in [0.2, 0.25) is 0 Å². The summed E-state index contributed by atoms with van der Waals surface area (Å²) in [5.74, 6) is 0. The van der Waals surface area contributed by atoms with E-state index in [2.05, 4.69) is 28.2 Å². The molecular formula is C17H13N3. The summed E-state index contributed by atoms with van der Waals surface area (Å²) in [6, 6.07) is 14.2. The minimum Gasteiger partial charge on any atom is -0.255 e. The highest BCUT2D eigenvalue weighted by atomic mass is 14.8. The molecule has 0 aliphatic heterocycles. The lowest BCUT2D eigenvalue weighted by Crippen LogP contribution is -2.07. The largest absolute Gasteiger partial charge is 0.255 e. The summed E-state index contributed by atoms with van der Waals surface area (Å²) in [5.41, 5.74) is 6.39. The predicted octanol–water partition coefficient (Wildman–Crippen LogP) is 3.30. The Balaban J connectivity index is 1.90. The van der Waals surface area contributed by atoms with Gasteiger partial charge in [-0.05, 0) is 48.2 Å². The Morgan fingerprint density at radius 1 is 0.650 bits per heavy atom. The Morgan fingerprint density at radius 2 is 1.50 bits per heavy atom. The minimum atomic E-state index is 0.901. The average Bonchev–Trinajstić information content (AvgIpc) is 2.55. The van der Waals surface area contributed by atoms with Gasteiger partial charge in [-0.3, -0.25) is 9.97 Å². The summed E-state index contributed by atoms with van der Waals surface area (Å²) in [6.07, 6.45) is 5.70. The van der Waals surface area contributed by atoms with Crippen LogP contribution in [0.3, 0.4) is 0 Å². The molecule has 0 N–H and O–H groups in total. The van der Waals surface area contributed by atoms with Gasteiger partial charge in [0, 0.05) is 12.4 Å². The molecule has 20 heavy (non-hydrogen) atoms. The van der Waals surface area contributed by atoms with Crippen LogP contribution in [0, 0.1) is 0 Å². The van der Waals surface area contributed by atoms with E-state index >= 15 is 0 Å². The molecule has 3 heterocycles. The first-order chi connectivity index (χ1) is 9.92. The van der Waals surface area contributed by atoms with Crippen LogP contribution in [0.25, 0.3) is 22.8 Å². The van der Waals surface area contributed by atoms with Crippen LogP contribution in [-0.2, 0) is 12.8 Å². The molecule has 0 bridgehead atoms. The number of hydrogen-bond acceptors (Lipinski definition) is 3. The van der Waals surface area contributed by atoms with Gasteiger partial charge in [0.1, 0.15) is 0 Å². The first kappa shape index (κ1) is 11.3. The van der Waals surface area contributed by atoms with E-state index in [0.29, 0.717) is 0 Å². The van der Waals surface area contributed by atoms with Crippen LogP contribution in [0.4, 0.5) is 0 Å². The minimum absolute atomic E-state index is 0.901. The van der Waals surface area contributed by atoms with Crippen LogP contribution in [0.15, 0.2) is 54.9 Å². The van der Waals surface area contributed by atoms with Crippen molar-refractivity contribution in [3.05, 3.63) is 66.0 Å². The summed E-state index contributed by atoms with van der Waals surface area (Å²) < 4.78 is 0. The van der Waals surface area contributed by atoms with Gasteiger partial charge in [-0.25, -0.2) is 4.98 Å². The maximum atomic E-state index is 4.80. The SMILES string of the molecule is c1ccc(-c2ccc3c(n2)-c2ncccc2CC3)nc1. The molecule has 1 aliphatic carbocycles. The van der Waals surface area contributed by atoms with Gasteiger partial charge < -0.3 is 0 Å². The molecule has 4 rings (SSSR count). The summed E-state index contributed by atoms with van der Waals surface area (Å²) in [6.45, 7) is 0. The lowest BCUT2D eigenvalue weighted by molar-refractivity contribution is 0.912. The number of hydrogen-bond donors (Lipinski definition) is 0. The molecule has 0 unspecified atom stereocenters. The van der Waals surface area contributed by atoms with Crippen LogP contribution < -0.4 is 0 Å². The molecule has 0 radical (unpaired) electrons. The number of pyridine rings is 3.